The Bertz CT molecular complexity index is 607. The first-order valence-electron chi connectivity index (χ1n) is 6.55. The fourth-order valence-corrected chi connectivity index (χ4v) is 2.10. The first kappa shape index (κ1) is 14.2. The molecule has 0 saturated heterocycles. The molecule has 0 unspecified atom stereocenters. The Kier molecular flexibility index (Phi) is 4.47. The number of aryl methyl sites for hydroxylation is 2. The van der Waals surface area contributed by atoms with E-state index < -0.39 is 5.91 Å². The highest BCUT2D eigenvalue weighted by Gasteiger charge is 2.13. The molecule has 2 rings (SSSR count). The molecule has 0 aliphatic rings. The van der Waals surface area contributed by atoms with Crippen LogP contribution in [0.5, 0.6) is 0 Å². The highest BCUT2D eigenvalue weighted by atomic mass is 16.2. The molecule has 1 heterocycles. The summed E-state index contributed by atoms with van der Waals surface area (Å²) in [6.45, 7) is 2.08. The number of amides is 1. The number of nitrogens with two attached hydrogens (primary N) is 1. The Balaban J connectivity index is 2.30. The van der Waals surface area contributed by atoms with Crippen molar-refractivity contribution in [1.29, 1.82) is 0 Å². The van der Waals surface area contributed by atoms with Crippen molar-refractivity contribution in [2.24, 2.45) is 5.73 Å². The maximum absolute atomic E-state index is 11.5. The van der Waals surface area contributed by atoms with Gasteiger partial charge in [0.15, 0.2) is 0 Å². The zero-order chi connectivity index (χ0) is 14.5. The van der Waals surface area contributed by atoms with E-state index in [1.165, 1.54) is 0 Å². The smallest absolute Gasteiger partial charge is 0.250 e. The summed E-state index contributed by atoms with van der Waals surface area (Å²) in [6.07, 6.45) is 4.14. The van der Waals surface area contributed by atoms with Crippen molar-refractivity contribution in [3.63, 3.8) is 0 Å². The minimum absolute atomic E-state index is 0.178. The van der Waals surface area contributed by atoms with Crippen molar-refractivity contribution in [2.45, 2.75) is 26.2 Å². The second-order valence-electron chi connectivity index (χ2n) is 4.67. The maximum atomic E-state index is 11.5. The highest BCUT2D eigenvalue weighted by Crippen LogP contribution is 2.18. The van der Waals surface area contributed by atoms with Gasteiger partial charge in [-0.1, -0.05) is 17.3 Å². The number of aliphatic hydroxyl groups excluding tert-OH is 1. The molecular weight excluding hydrogens is 256 g/mol. The summed E-state index contributed by atoms with van der Waals surface area (Å²) >= 11 is 0. The predicted molar refractivity (Wildman–Crippen MR) is 74.6 cm³/mol. The zero-order valence-electron chi connectivity index (χ0n) is 11.4. The Morgan fingerprint density at radius 1 is 1.40 bits per heavy atom. The van der Waals surface area contributed by atoms with Crippen molar-refractivity contribution >= 4 is 5.91 Å². The molecule has 0 saturated carbocycles. The maximum Gasteiger partial charge on any atom is 0.250 e. The summed E-state index contributed by atoms with van der Waals surface area (Å²) in [5, 5.41) is 16.9. The monoisotopic (exact) mass is 274 g/mol. The van der Waals surface area contributed by atoms with E-state index in [1.807, 2.05) is 13.0 Å². The third kappa shape index (κ3) is 3.03. The molecule has 6 heteroatoms. The molecule has 1 aromatic heterocycles. The van der Waals surface area contributed by atoms with E-state index in [1.54, 1.807) is 23.0 Å². The lowest BCUT2D eigenvalue weighted by molar-refractivity contribution is 0.1000. The standard InChI is InChI=1S/C14H18N4O2/c1-10-5-4-7-12(14(15)20)13(10)18-9-11(16-17-18)6-2-3-8-19/h4-5,7,9,19H,2-3,6,8H2,1H3,(H2,15,20). The first-order valence-corrected chi connectivity index (χ1v) is 6.55. The average molecular weight is 274 g/mol. The van der Waals surface area contributed by atoms with Crippen LogP contribution in [0, 0.1) is 6.92 Å². The zero-order valence-corrected chi connectivity index (χ0v) is 11.4. The summed E-state index contributed by atoms with van der Waals surface area (Å²) in [6, 6.07) is 5.37. The van der Waals surface area contributed by atoms with Gasteiger partial charge in [-0.2, -0.15) is 0 Å². The van der Waals surface area contributed by atoms with Crippen LogP contribution in [0.1, 0.15) is 34.5 Å². The second-order valence-corrected chi connectivity index (χ2v) is 4.67. The number of unbranched alkanes of at least 4 members (excludes halogenated alkanes) is 1. The Morgan fingerprint density at radius 2 is 2.20 bits per heavy atom. The average Bonchev–Trinajstić information content (AvgIpc) is 2.87. The summed E-state index contributed by atoms with van der Waals surface area (Å²) in [7, 11) is 0. The molecule has 2 aromatic rings. The van der Waals surface area contributed by atoms with Gasteiger partial charge in [0.1, 0.15) is 0 Å². The number of hydrogen-bond acceptors (Lipinski definition) is 4. The predicted octanol–water partition coefficient (Wildman–Crippen LogP) is 0.990. The van der Waals surface area contributed by atoms with Gasteiger partial charge in [-0.05, 0) is 37.8 Å². The van der Waals surface area contributed by atoms with Crippen molar-refractivity contribution in [1.82, 2.24) is 15.0 Å². The lowest BCUT2D eigenvalue weighted by Crippen LogP contribution is -2.15. The summed E-state index contributed by atoms with van der Waals surface area (Å²) in [4.78, 5) is 11.5. The fourth-order valence-electron chi connectivity index (χ4n) is 2.10. The van der Waals surface area contributed by atoms with Crippen LogP contribution >= 0.6 is 0 Å². The van der Waals surface area contributed by atoms with Crippen LogP contribution in [0.4, 0.5) is 0 Å². The van der Waals surface area contributed by atoms with Gasteiger partial charge in [-0.25, -0.2) is 4.68 Å². The normalized spacial score (nSPS) is 10.7. The third-order valence-electron chi connectivity index (χ3n) is 3.11. The molecule has 0 atom stereocenters. The molecule has 106 valence electrons. The van der Waals surface area contributed by atoms with E-state index in [0.717, 1.165) is 30.5 Å². The van der Waals surface area contributed by atoms with E-state index >= 15 is 0 Å². The van der Waals surface area contributed by atoms with Crippen molar-refractivity contribution in [3.05, 3.63) is 41.2 Å². The minimum atomic E-state index is -0.485. The van der Waals surface area contributed by atoms with E-state index in [9.17, 15) is 4.79 Å². The number of carbonyl (C=O) groups excluding carboxylic acids is 1. The van der Waals surface area contributed by atoms with E-state index in [-0.39, 0.29) is 6.61 Å². The summed E-state index contributed by atoms with van der Waals surface area (Å²) in [5.41, 5.74) is 8.23. The molecule has 0 radical (unpaired) electrons. The van der Waals surface area contributed by atoms with E-state index in [2.05, 4.69) is 10.3 Å². The number of hydrogen-bond donors (Lipinski definition) is 2. The van der Waals surface area contributed by atoms with Gasteiger partial charge in [-0.3, -0.25) is 4.79 Å². The largest absolute Gasteiger partial charge is 0.396 e. The molecule has 0 bridgehead atoms. The Morgan fingerprint density at radius 3 is 2.90 bits per heavy atom. The lowest BCUT2D eigenvalue weighted by atomic mass is 10.1. The molecule has 20 heavy (non-hydrogen) atoms. The van der Waals surface area contributed by atoms with Gasteiger partial charge < -0.3 is 10.8 Å². The quantitative estimate of drug-likeness (QED) is 0.768. The number of benzene rings is 1. The van der Waals surface area contributed by atoms with Gasteiger partial charge in [0.2, 0.25) is 0 Å². The number of carbonyl (C=O) groups is 1. The van der Waals surface area contributed by atoms with E-state index in [4.69, 9.17) is 10.8 Å². The number of primary amides is 1. The van der Waals surface area contributed by atoms with Gasteiger partial charge in [-0.15, -0.1) is 5.10 Å². The van der Waals surface area contributed by atoms with Crippen LogP contribution in [0.25, 0.3) is 5.69 Å². The van der Waals surface area contributed by atoms with Crippen LogP contribution < -0.4 is 5.73 Å². The van der Waals surface area contributed by atoms with Gasteiger partial charge in [0, 0.05) is 6.61 Å². The Labute approximate surface area is 117 Å². The van der Waals surface area contributed by atoms with Gasteiger partial charge in [0.05, 0.1) is 23.1 Å². The van der Waals surface area contributed by atoms with Crippen LogP contribution in [-0.4, -0.2) is 32.6 Å². The minimum Gasteiger partial charge on any atom is -0.396 e. The molecule has 0 aliphatic heterocycles. The number of aliphatic hydroxyl groups is 1. The number of nitrogens with zero attached hydrogens (tertiary/aromatic N) is 3. The molecule has 0 spiro atoms. The first-order chi connectivity index (χ1) is 9.63. The van der Waals surface area contributed by atoms with Crippen molar-refractivity contribution in [2.75, 3.05) is 6.61 Å². The van der Waals surface area contributed by atoms with Crippen molar-refractivity contribution in [3.8, 4) is 5.69 Å². The van der Waals surface area contributed by atoms with Gasteiger partial charge in [0.25, 0.3) is 5.91 Å². The lowest BCUT2D eigenvalue weighted by Gasteiger charge is -2.09. The second kappa shape index (κ2) is 6.29. The molecular formula is C14H18N4O2. The molecule has 0 fully saturated rings. The summed E-state index contributed by atoms with van der Waals surface area (Å²) in [5.74, 6) is -0.485. The van der Waals surface area contributed by atoms with Gasteiger partial charge >= 0.3 is 0 Å². The number of rotatable bonds is 6. The molecule has 1 aromatic carbocycles. The molecule has 3 N–H and O–H groups in total. The van der Waals surface area contributed by atoms with E-state index in [0.29, 0.717) is 11.3 Å². The Hall–Kier alpha value is -2.21. The van der Waals surface area contributed by atoms with Crippen LogP contribution in [0.15, 0.2) is 24.4 Å². The van der Waals surface area contributed by atoms with Crippen LogP contribution in [-0.2, 0) is 6.42 Å². The fraction of sp³-hybridized carbons (Fsp3) is 0.357. The molecule has 1 amide bonds. The topological polar surface area (TPSA) is 94.0 Å². The van der Waals surface area contributed by atoms with Crippen molar-refractivity contribution < 1.29 is 9.90 Å². The summed E-state index contributed by atoms with van der Waals surface area (Å²) < 4.78 is 1.59. The highest BCUT2D eigenvalue weighted by molar-refractivity contribution is 5.97. The number of aromatic nitrogens is 3. The van der Waals surface area contributed by atoms with Crippen LogP contribution in [0.2, 0.25) is 0 Å². The number of para-hydroxylation sites is 1. The SMILES string of the molecule is Cc1cccc(C(N)=O)c1-n1cc(CCCCO)nn1. The van der Waals surface area contributed by atoms with Crippen LogP contribution in [0.3, 0.4) is 0 Å². The third-order valence-corrected chi connectivity index (χ3v) is 3.11. The molecule has 0 aliphatic carbocycles. The molecule has 6 nitrogen and oxygen atoms in total.